The van der Waals surface area contributed by atoms with Gasteiger partial charge in [0.05, 0.1) is 0 Å². The summed E-state index contributed by atoms with van der Waals surface area (Å²) in [6, 6.07) is 4.80. The topological polar surface area (TPSA) is 111 Å². The van der Waals surface area contributed by atoms with Crippen molar-refractivity contribution in [2.24, 2.45) is 0 Å². The Morgan fingerprint density at radius 3 is 2.75 bits per heavy atom. The van der Waals surface area contributed by atoms with Gasteiger partial charge in [0.15, 0.2) is 0 Å². The number of nitro groups is 1. The summed E-state index contributed by atoms with van der Waals surface area (Å²) in [5.74, 6) is -1.75. The Hall–Kier alpha value is -1.94. The van der Waals surface area contributed by atoms with E-state index in [9.17, 15) is 20.0 Å². The Kier molecular flexibility index (Phi) is 4.04. The lowest BCUT2D eigenvalue weighted by atomic mass is 10.2. The lowest BCUT2D eigenvalue weighted by molar-refractivity contribution is -0.394. The lowest BCUT2D eigenvalue weighted by Crippen LogP contribution is -2.08. The minimum Gasteiger partial charge on any atom is -0.478 e. The highest BCUT2D eigenvalue weighted by molar-refractivity contribution is 9.10. The number of nitrogens with zero attached hydrogens (tertiary/aromatic N) is 4. The van der Waals surface area contributed by atoms with Crippen LogP contribution in [0.15, 0.2) is 27.8 Å². The summed E-state index contributed by atoms with van der Waals surface area (Å²) in [5.41, 5.74) is 0.220. The lowest BCUT2D eigenvalue weighted by Gasteiger charge is -2.07. The smallest absolute Gasteiger partial charge is 0.478 e. The second-order valence-electron chi connectivity index (χ2n) is 3.51. The third kappa shape index (κ3) is 2.51. The molecule has 1 aromatic carbocycles. The van der Waals surface area contributed by atoms with Crippen LogP contribution in [0.1, 0.15) is 10.4 Å². The van der Waals surface area contributed by atoms with Gasteiger partial charge in [-0.3, -0.25) is 0 Å². The van der Waals surface area contributed by atoms with Crippen molar-refractivity contribution in [3.8, 4) is 5.69 Å². The fourth-order valence-electron chi connectivity index (χ4n) is 1.59. The van der Waals surface area contributed by atoms with Crippen LogP contribution in [0.3, 0.4) is 0 Å². The SMILES string of the molecule is CSc1cccc(-n2nc([N+](=O)[O-])nc2Br)c1C(=O)O. The first-order chi connectivity index (χ1) is 9.45. The number of halogens is 1. The third-order valence-electron chi connectivity index (χ3n) is 2.39. The fraction of sp³-hybridized carbons (Fsp3) is 0.100. The number of aromatic carboxylic acids is 1. The van der Waals surface area contributed by atoms with Gasteiger partial charge in [-0.15, -0.1) is 16.4 Å². The number of hydrogen-bond acceptors (Lipinski definition) is 6. The van der Waals surface area contributed by atoms with E-state index in [0.717, 1.165) is 4.68 Å². The first-order valence-corrected chi connectivity index (χ1v) is 7.15. The quantitative estimate of drug-likeness (QED) is 0.507. The molecule has 1 N–H and O–H groups in total. The van der Waals surface area contributed by atoms with E-state index < -0.39 is 16.8 Å². The average molecular weight is 359 g/mol. The second kappa shape index (κ2) is 5.59. The number of carbonyl (C=O) groups is 1. The molecule has 1 aromatic heterocycles. The zero-order valence-electron chi connectivity index (χ0n) is 9.98. The van der Waals surface area contributed by atoms with Crippen LogP contribution in [-0.4, -0.2) is 37.0 Å². The molecule has 0 amide bonds. The van der Waals surface area contributed by atoms with Crippen LogP contribution in [0.2, 0.25) is 0 Å². The molecule has 0 aliphatic heterocycles. The number of rotatable bonds is 4. The van der Waals surface area contributed by atoms with Crippen molar-refractivity contribution in [2.45, 2.75) is 4.90 Å². The molecule has 10 heteroatoms. The van der Waals surface area contributed by atoms with E-state index in [-0.39, 0.29) is 16.0 Å². The maximum atomic E-state index is 11.4. The van der Waals surface area contributed by atoms with Gasteiger partial charge in [0, 0.05) is 25.9 Å². The molecule has 2 rings (SSSR count). The van der Waals surface area contributed by atoms with Crippen molar-refractivity contribution >= 4 is 39.6 Å². The molecule has 0 saturated heterocycles. The normalized spacial score (nSPS) is 10.5. The number of benzene rings is 1. The Morgan fingerprint density at radius 2 is 2.25 bits per heavy atom. The molecular formula is C10H7BrN4O4S. The van der Waals surface area contributed by atoms with E-state index in [0.29, 0.717) is 4.90 Å². The Bertz CT molecular complexity index is 703. The molecule has 8 nitrogen and oxygen atoms in total. The molecule has 0 aliphatic carbocycles. The van der Waals surface area contributed by atoms with E-state index in [1.54, 1.807) is 18.4 Å². The van der Waals surface area contributed by atoms with Crippen LogP contribution < -0.4 is 0 Å². The van der Waals surface area contributed by atoms with Crippen molar-refractivity contribution in [3.05, 3.63) is 38.6 Å². The molecule has 0 aliphatic rings. The van der Waals surface area contributed by atoms with Gasteiger partial charge in [-0.1, -0.05) is 6.07 Å². The maximum Gasteiger partial charge on any atom is 0.492 e. The van der Waals surface area contributed by atoms with Crippen LogP contribution in [-0.2, 0) is 0 Å². The highest BCUT2D eigenvalue weighted by Crippen LogP contribution is 2.28. The molecule has 2 aromatic rings. The van der Waals surface area contributed by atoms with Gasteiger partial charge < -0.3 is 15.2 Å². The van der Waals surface area contributed by atoms with Crippen LogP contribution in [0.25, 0.3) is 5.69 Å². The highest BCUT2D eigenvalue weighted by atomic mass is 79.9. The molecular weight excluding hydrogens is 352 g/mol. The Balaban J connectivity index is 2.69. The molecule has 104 valence electrons. The van der Waals surface area contributed by atoms with Crippen LogP contribution in [0, 0.1) is 10.1 Å². The molecule has 0 unspecified atom stereocenters. The van der Waals surface area contributed by atoms with E-state index in [1.165, 1.54) is 17.8 Å². The molecule has 0 spiro atoms. The van der Waals surface area contributed by atoms with Gasteiger partial charge >= 0.3 is 11.9 Å². The third-order valence-corrected chi connectivity index (χ3v) is 3.68. The predicted molar refractivity (Wildman–Crippen MR) is 74.5 cm³/mol. The monoisotopic (exact) mass is 358 g/mol. The van der Waals surface area contributed by atoms with E-state index in [2.05, 4.69) is 26.0 Å². The molecule has 0 atom stereocenters. The molecule has 0 saturated carbocycles. The van der Waals surface area contributed by atoms with Crippen LogP contribution in [0.5, 0.6) is 0 Å². The average Bonchev–Trinajstić information content (AvgIpc) is 2.79. The molecule has 0 fully saturated rings. The molecule has 1 heterocycles. The first-order valence-electron chi connectivity index (χ1n) is 5.13. The van der Waals surface area contributed by atoms with Crippen molar-refractivity contribution in [3.63, 3.8) is 0 Å². The minimum atomic E-state index is -1.14. The van der Waals surface area contributed by atoms with E-state index >= 15 is 0 Å². The summed E-state index contributed by atoms with van der Waals surface area (Å²) in [4.78, 5) is 25.5. The van der Waals surface area contributed by atoms with E-state index in [4.69, 9.17) is 0 Å². The summed E-state index contributed by atoms with van der Waals surface area (Å²) >= 11 is 4.30. The maximum absolute atomic E-state index is 11.4. The van der Waals surface area contributed by atoms with Crippen LogP contribution in [0.4, 0.5) is 5.95 Å². The Morgan fingerprint density at radius 1 is 1.55 bits per heavy atom. The number of thioether (sulfide) groups is 1. The van der Waals surface area contributed by atoms with Gasteiger partial charge in [0.2, 0.25) is 0 Å². The summed E-state index contributed by atoms with van der Waals surface area (Å²) in [7, 11) is 0. The summed E-state index contributed by atoms with van der Waals surface area (Å²) < 4.78 is 1.14. The van der Waals surface area contributed by atoms with E-state index in [1.807, 2.05) is 0 Å². The number of aromatic nitrogens is 3. The highest BCUT2D eigenvalue weighted by Gasteiger charge is 2.25. The summed E-state index contributed by atoms with van der Waals surface area (Å²) in [6.45, 7) is 0. The van der Waals surface area contributed by atoms with Gasteiger partial charge in [-0.25, -0.2) is 4.79 Å². The fourth-order valence-corrected chi connectivity index (χ4v) is 2.63. The van der Waals surface area contributed by atoms with Gasteiger partial charge in [-0.2, -0.15) is 0 Å². The van der Waals surface area contributed by atoms with Crippen molar-refractivity contribution in [1.82, 2.24) is 14.8 Å². The van der Waals surface area contributed by atoms with Crippen molar-refractivity contribution < 1.29 is 14.8 Å². The largest absolute Gasteiger partial charge is 0.492 e. The van der Waals surface area contributed by atoms with Gasteiger partial charge in [0.25, 0.3) is 4.73 Å². The van der Waals surface area contributed by atoms with Crippen molar-refractivity contribution in [1.29, 1.82) is 0 Å². The minimum absolute atomic E-state index is 0.0143. The molecule has 0 bridgehead atoms. The number of hydrogen-bond donors (Lipinski definition) is 1. The summed E-state index contributed by atoms with van der Waals surface area (Å²) in [6.07, 6.45) is 1.74. The first kappa shape index (κ1) is 14.5. The predicted octanol–water partition coefficient (Wildman–Crippen LogP) is 2.36. The zero-order valence-corrected chi connectivity index (χ0v) is 12.4. The standard InChI is InChI=1S/C10H7BrN4O4S/c1-20-6-4-2-3-5(7(6)8(16)17)14-9(11)12-10(13-14)15(18)19/h2-4H,1H3,(H,16,17). The zero-order chi connectivity index (χ0) is 14.9. The van der Waals surface area contributed by atoms with Crippen LogP contribution >= 0.6 is 27.7 Å². The number of carboxylic acids is 1. The number of carboxylic acid groups (broad SMARTS) is 1. The van der Waals surface area contributed by atoms with Crippen molar-refractivity contribution in [2.75, 3.05) is 6.26 Å². The Labute approximate surface area is 125 Å². The van der Waals surface area contributed by atoms with Gasteiger partial charge in [0.1, 0.15) is 11.3 Å². The molecule has 20 heavy (non-hydrogen) atoms. The second-order valence-corrected chi connectivity index (χ2v) is 5.07. The molecule has 0 radical (unpaired) electrons. The van der Waals surface area contributed by atoms with Gasteiger partial charge in [-0.05, 0) is 28.3 Å². The summed E-state index contributed by atoms with van der Waals surface area (Å²) in [5, 5.41) is 23.7.